The van der Waals surface area contributed by atoms with Crippen LogP contribution in [0.2, 0.25) is 0 Å². The minimum absolute atomic E-state index is 0.165. The molecule has 1 saturated carbocycles. The topological polar surface area (TPSA) is 49.7 Å². The van der Waals surface area contributed by atoms with Gasteiger partial charge in [-0.05, 0) is 43.2 Å². The number of benzene rings is 1. The summed E-state index contributed by atoms with van der Waals surface area (Å²) >= 11 is 0. The molecule has 100 valence electrons. The van der Waals surface area contributed by atoms with E-state index >= 15 is 0 Å². The molecule has 1 aromatic rings. The van der Waals surface area contributed by atoms with Gasteiger partial charge in [0.05, 0.1) is 18.8 Å². The number of hydrogen-bond acceptors (Lipinski definition) is 3. The minimum Gasteiger partial charge on any atom is -0.390 e. The van der Waals surface area contributed by atoms with Crippen molar-refractivity contribution < 1.29 is 14.9 Å². The van der Waals surface area contributed by atoms with Gasteiger partial charge in [-0.25, -0.2) is 0 Å². The zero-order valence-corrected chi connectivity index (χ0v) is 11.1. The number of aliphatic hydroxyl groups excluding tert-OH is 2. The highest BCUT2D eigenvalue weighted by Gasteiger charge is 2.33. The zero-order valence-electron chi connectivity index (χ0n) is 11.1. The number of hydrogen-bond donors (Lipinski definition) is 2. The van der Waals surface area contributed by atoms with Crippen LogP contribution in [0.3, 0.4) is 0 Å². The predicted octanol–water partition coefficient (Wildman–Crippen LogP) is 1.82. The highest BCUT2D eigenvalue weighted by atomic mass is 16.5. The van der Waals surface area contributed by atoms with Crippen molar-refractivity contribution in [3.63, 3.8) is 0 Å². The summed E-state index contributed by atoms with van der Waals surface area (Å²) in [6.45, 7) is 2.67. The molecule has 1 aliphatic carbocycles. The van der Waals surface area contributed by atoms with Gasteiger partial charge in [-0.2, -0.15) is 0 Å². The number of rotatable bonds is 4. The lowest BCUT2D eigenvalue weighted by atomic mass is 9.92. The lowest BCUT2D eigenvalue weighted by Crippen LogP contribution is -2.26. The predicted molar refractivity (Wildman–Crippen MR) is 70.3 cm³/mol. The molecule has 0 amide bonds. The molecule has 3 nitrogen and oxygen atoms in total. The Balaban J connectivity index is 2.13. The highest BCUT2D eigenvalue weighted by Crippen LogP contribution is 2.30. The summed E-state index contributed by atoms with van der Waals surface area (Å²) in [5.41, 5.74) is 3.63. The Kier molecular flexibility index (Phi) is 4.38. The molecule has 0 bridgehead atoms. The maximum atomic E-state index is 9.91. The molecule has 3 atom stereocenters. The summed E-state index contributed by atoms with van der Waals surface area (Å²) in [6.07, 6.45) is 1.28. The Morgan fingerprint density at radius 3 is 2.61 bits per heavy atom. The third-order valence-electron chi connectivity index (χ3n) is 3.85. The average Bonchev–Trinajstić information content (AvgIpc) is 2.65. The molecule has 0 heterocycles. The largest absolute Gasteiger partial charge is 0.390 e. The molecular weight excluding hydrogens is 228 g/mol. The van der Waals surface area contributed by atoms with E-state index in [1.165, 1.54) is 16.7 Å². The van der Waals surface area contributed by atoms with E-state index in [1.807, 2.05) is 0 Å². The highest BCUT2D eigenvalue weighted by molar-refractivity contribution is 5.31. The molecule has 3 heteroatoms. The summed E-state index contributed by atoms with van der Waals surface area (Å²) in [7, 11) is 1.69. The fraction of sp³-hybridized carbons (Fsp3) is 0.600. The second kappa shape index (κ2) is 5.83. The molecule has 1 aliphatic rings. The van der Waals surface area contributed by atoms with Crippen LogP contribution in [0.15, 0.2) is 18.2 Å². The zero-order chi connectivity index (χ0) is 13.1. The maximum Gasteiger partial charge on any atom is 0.0830 e. The smallest absolute Gasteiger partial charge is 0.0830 e. The number of methoxy groups -OCH3 is 1. The lowest BCUT2D eigenvalue weighted by Gasteiger charge is -2.18. The first-order valence-electron chi connectivity index (χ1n) is 6.55. The van der Waals surface area contributed by atoms with Gasteiger partial charge in [-0.3, -0.25) is 0 Å². The van der Waals surface area contributed by atoms with Crippen LogP contribution in [0, 0.1) is 12.8 Å². The molecule has 1 fully saturated rings. The van der Waals surface area contributed by atoms with Crippen LogP contribution in [0.4, 0.5) is 0 Å². The van der Waals surface area contributed by atoms with Crippen molar-refractivity contribution in [1.29, 1.82) is 0 Å². The first-order chi connectivity index (χ1) is 8.61. The van der Waals surface area contributed by atoms with Crippen LogP contribution in [0.25, 0.3) is 0 Å². The summed E-state index contributed by atoms with van der Waals surface area (Å²) in [4.78, 5) is 0. The molecule has 0 saturated heterocycles. The molecule has 2 N–H and O–H groups in total. The number of aryl methyl sites for hydroxylation is 1. The van der Waals surface area contributed by atoms with E-state index < -0.39 is 12.2 Å². The third-order valence-corrected chi connectivity index (χ3v) is 3.85. The van der Waals surface area contributed by atoms with Gasteiger partial charge in [0.1, 0.15) is 0 Å². The number of ether oxygens (including phenoxy) is 1. The first kappa shape index (κ1) is 13.5. The van der Waals surface area contributed by atoms with Gasteiger partial charge in [-0.1, -0.05) is 23.8 Å². The summed E-state index contributed by atoms with van der Waals surface area (Å²) < 4.78 is 5.22. The van der Waals surface area contributed by atoms with E-state index in [0.29, 0.717) is 13.0 Å². The van der Waals surface area contributed by atoms with Crippen molar-refractivity contribution in [3.8, 4) is 0 Å². The lowest BCUT2D eigenvalue weighted by molar-refractivity contribution is 0.0206. The van der Waals surface area contributed by atoms with Gasteiger partial charge in [0, 0.05) is 7.11 Å². The van der Waals surface area contributed by atoms with Gasteiger partial charge in [0.2, 0.25) is 0 Å². The van der Waals surface area contributed by atoms with E-state index in [4.69, 9.17) is 4.74 Å². The third kappa shape index (κ3) is 2.91. The first-order valence-corrected chi connectivity index (χ1v) is 6.55. The van der Waals surface area contributed by atoms with Crippen molar-refractivity contribution >= 4 is 0 Å². The molecule has 3 unspecified atom stereocenters. The van der Waals surface area contributed by atoms with E-state index in [-0.39, 0.29) is 5.92 Å². The van der Waals surface area contributed by atoms with Gasteiger partial charge in [-0.15, -0.1) is 0 Å². The fourth-order valence-corrected chi connectivity index (χ4v) is 2.79. The second-order valence-corrected chi connectivity index (χ2v) is 5.30. The summed E-state index contributed by atoms with van der Waals surface area (Å²) in [5, 5.41) is 19.5. The van der Waals surface area contributed by atoms with Crippen molar-refractivity contribution in [2.24, 2.45) is 5.92 Å². The van der Waals surface area contributed by atoms with E-state index in [1.54, 1.807) is 7.11 Å². The van der Waals surface area contributed by atoms with Gasteiger partial charge in [0.25, 0.3) is 0 Å². The second-order valence-electron chi connectivity index (χ2n) is 5.30. The quantitative estimate of drug-likeness (QED) is 0.857. The van der Waals surface area contributed by atoms with Crippen molar-refractivity contribution in [2.75, 3.05) is 7.11 Å². The van der Waals surface area contributed by atoms with Gasteiger partial charge < -0.3 is 14.9 Å². The Hall–Kier alpha value is -0.900. The molecule has 1 aromatic carbocycles. The molecule has 0 aliphatic heterocycles. The molecule has 0 aromatic heterocycles. The Labute approximate surface area is 108 Å². The Morgan fingerprint density at radius 1 is 1.22 bits per heavy atom. The van der Waals surface area contributed by atoms with E-state index in [2.05, 4.69) is 25.1 Å². The molecule has 0 spiro atoms. The number of aliphatic hydroxyl groups is 2. The van der Waals surface area contributed by atoms with Crippen LogP contribution in [-0.4, -0.2) is 29.5 Å². The minimum atomic E-state index is -0.582. The average molecular weight is 250 g/mol. The fourth-order valence-electron chi connectivity index (χ4n) is 2.79. The van der Waals surface area contributed by atoms with E-state index in [9.17, 15) is 10.2 Å². The van der Waals surface area contributed by atoms with Crippen molar-refractivity contribution in [3.05, 3.63) is 34.9 Å². The Morgan fingerprint density at radius 2 is 2.00 bits per heavy atom. The normalized spacial score (nSPS) is 27.7. The monoisotopic (exact) mass is 250 g/mol. The summed E-state index contributed by atoms with van der Waals surface area (Å²) in [5.74, 6) is 0.165. The van der Waals surface area contributed by atoms with Crippen molar-refractivity contribution in [2.45, 2.75) is 45.0 Å². The Bertz CT molecular complexity index is 403. The maximum absolute atomic E-state index is 9.91. The SMILES string of the molecule is COCc1cc(C)ccc1CC1CCC(O)C1O. The summed E-state index contributed by atoms with van der Waals surface area (Å²) in [6, 6.07) is 6.34. The molecule has 18 heavy (non-hydrogen) atoms. The standard InChI is InChI=1S/C15H22O3/c1-10-3-4-11(13(7-10)9-18-2)8-12-5-6-14(16)15(12)17/h3-4,7,12,14-17H,5-6,8-9H2,1-2H3. The van der Waals surface area contributed by atoms with Gasteiger partial charge >= 0.3 is 0 Å². The van der Waals surface area contributed by atoms with Crippen LogP contribution in [0.1, 0.15) is 29.5 Å². The molecular formula is C15H22O3. The van der Waals surface area contributed by atoms with E-state index in [0.717, 1.165) is 12.8 Å². The van der Waals surface area contributed by atoms with Crippen LogP contribution >= 0.6 is 0 Å². The van der Waals surface area contributed by atoms with Crippen LogP contribution < -0.4 is 0 Å². The van der Waals surface area contributed by atoms with Crippen LogP contribution in [-0.2, 0) is 17.8 Å². The van der Waals surface area contributed by atoms with Crippen LogP contribution in [0.5, 0.6) is 0 Å². The van der Waals surface area contributed by atoms with Crippen molar-refractivity contribution in [1.82, 2.24) is 0 Å². The van der Waals surface area contributed by atoms with Gasteiger partial charge in [0.15, 0.2) is 0 Å². The molecule has 0 radical (unpaired) electrons. The molecule has 2 rings (SSSR count).